The monoisotopic (exact) mass is 333 g/mol. The fraction of sp³-hybridized carbons (Fsp3) is 0.579. The second kappa shape index (κ2) is 9.30. The third-order valence-corrected chi connectivity index (χ3v) is 3.86. The molecular formula is C19H31N3O2. The number of carbonyl (C=O) groups is 2. The van der Waals surface area contributed by atoms with E-state index in [-0.39, 0.29) is 17.7 Å². The van der Waals surface area contributed by atoms with E-state index in [1.54, 1.807) is 0 Å². The molecular weight excluding hydrogens is 302 g/mol. The van der Waals surface area contributed by atoms with Gasteiger partial charge in [0.15, 0.2) is 0 Å². The molecule has 0 heterocycles. The molecule has 0 saturated heterocycles. The van der Waals surface area contributed by atoms with Crippen molar-refractivity contribution in [3.8, 4) is 0 Å². The number of rotatable bonds is 8. The first-order valence-corrected chi connectivity index (χ1v) is 8.69. The van der Waals surface area contributed by atoms with Gasteiger partial charge in [0.1, 0.15) is 0 Å². The molecule has 5 heteroatoms. The molecule has 0 unspecified atom stereocenters. The van der Waals surface area contributed by atoms with Crippen molar-refractivity contribution in [1.29, 1.82) is 0 Å². The lowest BCUT2D eigenvalue weighted by Gasteiger charge is -2.26. The molecule has 0 aliphatic rings. The van der Waals surface area contributed by atoms with Crippen molar-refractivity contribution in [2.75, 3.05) is 30.9 Å². The molecule has 0 aromatic heterocycles. The van der Waals surface area contributed by atoms with E-state index in [0.717, 1.165) is 29.9 Å². The average Bonchev–Trinajstić information content (AvgIpc) is 2.53. The Morgan fingerprint density at radius 2 is 1.83 bits per heavy atom. The largest absolute Gasteiger partial charge is 0.377 e. The summed E-state index contributed by atoms with van der Waals surface area (Å²) >= 11 is 0. The zero-order chi connectivity index (χ0) is 18.3. The van der Waals surface area contributed by atoms with Crippen LogP contribution in [0.25, 0.3) is 0 Å². The maximum absolute atomic E-state index is 12.2. The third-order valence-electron chi connectivity index (χ3n) is 3.86. The van der Waals surface area contributed by atoms with Crippen LogP contribution in [0.15, 0.2) is 18.2 Å². The first-order valence-electron chi connectivity index (χ1n) is 8.69. The maximum atomic E-state index is 12.2. The van der Waals surface area contributed by atoms with E-state index in [0.29, 0.717) is 13.0 Å². The summed E-state index contributed by atoms with van der Waals surface area (Å²) < 4.78 is 0. The van der Waals surface area contributed by atoms with Crippen molar-refractivity contribution < 1.29 is 9.59 Å². The molecule has 1 N–H and O–H groups in total. The highest BCUT2D eigenvalue weighted by molar-refractivity contribution is 5.92. The van der Waals surface area contributed by atoms with Crippen molar-refractivity contribution in [2.24, 2.45) is 5.92 Å². The SMILES string of the molecule is CCCN(Cc1cc(NC(=O)C(C)C)ccc1N(C)C)C(=O)CC. The minimum atomic E-state index is -0.0692. The smallest absolute Gasteiger partial charge is 0.226 e. The van der Waals surface area contributed by atoms with Gasteiger partial charge in [0, 0.05) is 50.9 Å². The van der Waals surface area contributed by atoms with Gasteiger partial charge in [-0.3, -0.25) is 9.59 Å². The second-order valence-corrected chi connectivity index (χ2v) is 6.55. The van der Waals surface area contributed by atoms with E-state index >= 15 is 0 Å². The minimum Gasteiger partial charge on any atom is -0.377 e. The Balaban J connectivity index is 3.11. The Morgan fingerprint density at radius 3 is 2.33 bits per heavy atom. The van der Waals surface area contributed by atoms with Gasteiger partial charge in [0.2, 0.25) is 11.8 Å². The number of hydrogen-bond donors (Lipinski definition) is 1. The van der Waals surface area contributed by atoms with Gasteiger partial charge < -0.3 is 15.1 Å². The fourth-order valence-corrected chi connectivity index (χ4v) is 2.50. The topological polar surface area (TPSA) is 52.7 Å². The molecule has 0 aliphatic heterocycles. The van der Waals surface area contributed by atoms with Crippen LogP contribution in [-0.2, 0) is 16.1 Å². The molecule has 134 valence electrons. The van der Waals surface area contributed by atoms with Crippen molar-refractivity contribution in [3.05, 3.63) is 23.8 Å². The Labute approximate surface area is 146 Å². The summed E-state index contributed by atoms with van der Waals surface area (Å²) in [5, 5.41) is 2.94. The van der Waals surface area contributed by atoms with Gasteiger partial charge in [-0.25, -0.2) is 0 Å². The molecule has 2 amide bonds. The summed E-state index contributed by atoms with van der Waals surface area (Å²) in [6.45, 7) is 8.99. The minimum absolute atomic E-state index is 0.00592. The Kier molecular flexibility index (Phi) is 7.75. The quantitative estimate of drug-likeness (QED) is 0.792. The molecule has 1 rings (SSSR count). The number of anilines is 2. The zero-order valence-electron chi connectivity index (χ0n) is 15.8. The van der Waals surface area contributed by atoms with Crippen LogP contribution >= 0.6 is 0 Å². The molecule has 1 aromatic rings. The number of nitrogens with one attached hydrogen (secondary N) is 1. The van der Waals surface area contributed by atoms with Crippen LogP contribution in [-0.4, -0.2) is 37.4 Å². The standard InChI is InChI=1S/C19H31N3O2/c1-7-11-22(18(23)8-2)13-15-12-16(20-19(24)14(3)4)9-10-17(15)21(5)6/h9-10,12,14H,7-8,11,13H2,1-6H3,(H,20,24). The molecule has 0 bridgehead atoms. The summed E-state index contributed by atoms with van der Waals surface area (Å²) in [7, 11) is 3.97. The van der Waals surface area contributed by atoms with Crippen LogP contribution in [0.3, 0.4) is 0 Å². The van der Waals surface area contributed by atoms with Gasteiger partial charge in [0.25, 0.3) is 0 Å². The van der Waals surface area contributed by atoms with Gasteiger partial charge in [-0.15, -0.1) is 0 Å². The highest BCUT2D eigenvalue weighted by Crippen LogP contribution is 2.25. The van der Waals surface area contributed by atoms with Gasteiger partial charge in [-0.1, -0.05) is 27.7 Å². The molecule has 24 heavy (non-hydrogen) atoms. The summed E-state index contributed by atoms with van der Waals surface area (Å²) in [5.41, 5.74) is 2.87. The van der Waals surface area contributed by atoms with E-state index in [2.05, 4.69) is 12.2 Å². The summed E-state index contributed by atoms with van der Waals surface area (Å²) in [6, 6.07) is 5.87. The van der Waals surface area contributed by atoms with E-state index in [1.807, 2.05) is 62.9 Å². The molecule has 5 nitrogen and oxygen atoms in total. The summed E-state index contributed by atoms with van der Waals surface area (Å²) in [6.07, 6.45) is 1.42. The lowest BCUT2D eigenvalue weighted by Crippen LogP contribution is -2.31. The van der Waals surface area contributed by atoms with E-state index in [9.17, 15) is 9.59 Å². The van der Waals surface area contributed by atoms with Crippen molar-refractivity contribution in [2.45, 2.75) is 47.1 Å². The van der Waals surface area contributed by atoms with E-state index < -0.39 is 0 Å². The summed E-state index contributed by atoms with van der Waals surface area (Å²) in [5.74, 6) is 0.0759. The molecule has 0 fully saturated rings. The third kappa shape index (κ3) is 5.55. The van der Waals surface area contributed by atoms with Crippen molar-refractivity contribution in [3.63, 3.8) is 0 Å². The van der Waals surface area contributed by atoms with E-state index in [1.165, 1.54) is 0 Å². The Hall–Kier alpha value is -2.04. The zero-order valence-corrected chi connectivity index (χ0v) is 15.8. The molecule has 0 radical (unpaired) electrons. The first-order chi connectivity index (χ1) is 11.3. The van der Waals surface area contributed by atoms with Crippen molar-refractivity contribution in [1.82, 2.24) is 4.90 Å². The second-order valence-electron chi connectivity index (χ2n) is 6.55. The van der Waals surface area contributed by atoms with Crippen LogP contribution in [0.2, 0.25) is 0 Å². The molecule has 0 aliphatic carbocycles. The Bertz CT molecular complexity index is 568. The van der Waals surface area contributed by atoms with E-state index in [4.69, 9.17) is 0 Å². The first kappa shape index (κ1) is 20.0. The number of benzene rings is 1. The van der Waals surface area contributed by atoms with Crippen LogP contribution in [0.4, 0.5) is 11.4 Å². The lowest BCUT2D eigenvalue weighted by atomic mass is 10.1. The predicted octanol–water partition coefficient (Wildman–Crippen LogP) is 3.50. The van der Waals surface area contributed by atoms with Crippen LogP contribution in [0.1, 0.15) is 46.1 Å². The van der Waals surface area contributed by atoms with Gasteiger partial charge >= 0.3 is 0 Å². The Morgan fingerprint density at radius 1 is 1.17 bits per heavy atom. The average molecular weight is 333 g/mol. The van der Waals surface area contributed by atoms with Crippen molar-refractivity contribution >= 4 is 23.2 Å². The van der Waals surface area contributed by atoms with Gasteiger partial charge in [-0.2, -0.15) is 0 Å². The van der Waals surface area contributed by atoms with Crippen LogP contribution < -0.4 is 10.2 Å². The maximum Gasteiger partial charge on any atom is 0.226 e. The van der Waals surface area contributed by atoms with Crippen LogP contribution in [0, 0.1) is 5.92 Å². The normalized spacial score (nSPS) is 10.6. The van der Waals surface area contributed by atoms with Crippen LogP contribution in [0.5, 0.6) is 0 Å². The lowest BCUT2D eigenvalue weighted by molar-refractivity contribution is -0.131. The summed E-state index contributed by atoms with van der Waals surface area (Å²) in [4.78, 5) is 28.0. The number of carbonyl (C=O) groups excluding carboxylic acids is 2. The molecule has 1 aromatic carbocycles. The molecule has 0 spiro atoms. The molecule has 0 atom stereocenters. The van der Waals surface area contributed by atoms with Gasteiger partial charge in [-0.05, 0) is 30.2 Å². The highest BCUT2D eigenvalue weighted by atomic mass is 16.2. The number of nitrogens with zero attached hydrogens (tertiary/aromatic N) is 2. The molecule has 0 saturated carbocycles. The number of amides is 2. The fourth-order valence-electron chi connectivity index (χ4n) is 2.50. The van der Waals surface area contributed by atoms with Gasteiger partial charge in [0.05, 0.1) is 0 Å². The predicted molar refractivity (Wildman–Crippen MR) is 100 cm³/mol. The number of hydrogen-bond acceptors (Lipinski definition) is 3. The highest BCUT2D eigenvalue weighted by Gasteiger charge is 2.16.